The number of para-hydroxylation sites is 2. The van der Waals surface area contributed by atoms with Gasteiger partial charge in [-0.15, -0.1) is 0 Å². The number of benzene rings is 2. The summed E-state index contributed by atoms with van der Waals surface area (Å²) in [6.45, 7) is 1.85. The summed E-state index contributed by atoms with van der Waals surface area (Å²) >= 11 is 6.50. The topological polar surface area (TPSA) is 22.0 Å². The van der Waals surface area contributed by atoms with Crippen LogP contribution in [0.5, 0.6) is 0 Å². The molecule has 2 aromatic carbocycles. The molecule has 0 atom stereocenters. The van der Waals surface area contributed by atoms with Crippen molar-refractivity contribution in [3.63, 3.8) is 0 Å². The highest BCUT2D eigenvalue weighted by Crippen LogP contribution is 2.33. The van der Waals surface area contributed by atoms with Crippen molar-refractivity contribution in [2.75, 3.05) is 0 Å². The Morgan fingerprint density at radius 3 is 2.40 bits per heavy atom. The lowest BCUT2D eigenvalue weighted by Crippen LogP contribution is -1.98. The van der Waals surface area contributed by atoms with Gasteiger partial charge in [-0.05, 0) is 18.2 Å². The highest BCUT2D eigenvalue weighted by Gasteiger charge is 2.20. The van der Waals surface area contributed by atoms with Crippen LogP contribution in [0.1, 0.15) is 23.7 Å². The van der Waals surface area contributed by atoms with Gasteiger partial charge in [0.05, 0.1) is 11.1 Å². The van der Waals surface area contributed by atoms with Gasteiger partial charge in [-0.1, -0.05) is 54.9 Å². The average molecular weight is 284 g/mol. The van der Waals surface area contributed by atoms with Crippen LogP contribution >= 0.6 is 11.6 Å². The number of fused-ring (bicyclic) bond motifs is 1. The van der Waals surface area contributed by atoms with Crippen LogP contribution in [0, 0.1) is 0 Å². The number of aromatic nitrogens is 1. The van der Waals surface area contributed by atoms with Gasteiger partial charge in [-0.3, -0.25) is 9.36 Å². The summed E-state index contributed by atoms with van der Waals surface area (Å²) in [5, 5.41) is 1.40. The molecule has 3 heteroatoms. The fourth-order valence-corrected chi connectivity index (χ4v) is 2.88. The number of rotatable bonds is 3. The van der Waals surface area contributed by atoms with E-state index in [1.54, 1.807) is 0 Å². The third-order valence-electron chi connectivity index (χ3n) is 3.43. The van der Waals surface area contributed by atoms with Crippen molar-refractivity contribution in [1.82, 2.24) is 4.57 Å². The van der Waals surface area contributed by atoms with Gasteiger partial charge in [-0.2, -0.15) is 0 Å². The van der Waals surface area contributed by atoms with E-state index in [4.69, 9.17) is 11.6 Å². The maximum absolute atomic E-state index is 12.2. The molecule has 20 heavy (non-hydrogen) atoms. The number of hydrogen-bond acceptors (Lipinski definition) is 1. The van der Waals surface area contributed by atoms with Crippen LogP contribution in [0.15, 0.2) is 54.6 Å². The number of ketones is 1. The van der Waals surface area contributed by atoms with Crippen molar-refractivity contribution in [3.8, 4) is 5.69 Å². The molecule has 3 aromatic rings. The summed E-state index contributed by atoms with van der Waals surface area (Å²) in [5.41, 5.74) is 2.54. The molecule has 0 saturated heterocycles. The first-order valence-corrected chi connectivity index (χ1v) is 6.99. The van der Waals surface area contributed by atoms with Crippen LogP contribution in [0.2, 0.25) is 5.15 Å². The second kappa shape index (κ2) is 5.14. The molecule has 0 unspecified atom stereocenters. The van der Waals surface area contributed by atoms with Crippen molar-refractivity contribution < 1.29 is 4.79 Å². The van der Waals surface area contributed by atoms with E-state index in [9.17, 15) is 4.79 Å². The fraction of sp³-hybridized carbons (Fsp3) is 0.118. The molecule has 0 spiro atoms. The van der Waals surface area contributed by atoms with Crippen molar-refractivity contribution in [2.45, 2.75) is 13.3 Å². The Morgan fingerprint density at radius 1 is 1.05 bits per heavy atom. The van der Waals surface area contributed by atoms with Gasteiger partial charge >= 0.3 is 0 Å². The van der Waals surface area contributed by atoms with E-state index in [1.165, 1.54) is 0 Å². The monoisotopic (exact) mass is 283 g/mol. The highest BCUT2D eigenvalue weighted by atomic mass is 35.5. The Morgan fingerprint density at radius 2 is 1.70 bits per heavy atom. The van der Waals surface area contributed by atoms with Gasteiger partial charge < -0.3 is 0 Å². The van der Waals surface area contributed by atoms with Gasteiger partial charge in [0.25, 0.3) is 0 Å². The summed E-state index contributed by atoms with van der Waals surface area (Å²) < 4.78 is 1.93. The van der Waals surface area contributed by atoms with E-state index in [0.29, 0.717) is 17.1 Å². The third kappa shape index (κ3) is 1.93. The molecule has 0 bridgehead atoms. The van der Waals surface area contributed by atoms with E-state index >= 15 is 0 Å². The minimum atomic E-state index is 0.0703. The predicted molar refractivity (Wildman–Crippen MR) is 82.9 cm³/mol. The maximum atomic E-state index is 12.2. The highest BCUT2D eigenvalue weighted by molar-refractivity contribution is 6.36. The standard InChI is InChI=1S/C17H14ClNO/c1-2-15(20)16-13-10-6-7-11-14(13)19(17(16)18)12-8-4-3-5-9-12/h3-11H,2H2,1H3. The van der Waals surface area contributed by atoms with Crippen molar-refractivity contribution in [3.05, 3.63) is 65.3 Å². The molecule has 0 aliphatic heterocycles. The summed E-state index contributed by atoms with van der Waals surface area (Å²) in [6, 6.07) is 17.7. The zero-order valence-electron chi connectivity index (χ0n) is 11.1. The molecule has 0 amide bonds. The molecule has 0 fully saturated rings. The predicted octanol–water partition coefficient (Wildman–Crippen LogP) is 4.88. The molecule has 1 aromatic heterocycles. The third-order valence-corrected chi connectivity index (χ3v) is 3.79. The molecule has 0 N–H and O–H groups in total. The van der Waals surface area contributed by atoms with E-state index in [2.05, 4.69) is 0 Å². The second-order valence-corrected chi connectivity index (χ2v) is 4.99. The fourth-order valence-electron chi connectivity index (χ4n) is 2.48. The van der Waals surface area contributed by atoms with Gasteiger partial charge in [0.2, 0.25) is 0 Å². The van der Waals surface area contributed by atoms with Crippen molar-refractivity contribution in [1.29, 1.82) is 0 Å². The Bertz CT molecular complexity index is 774. The largest absolute Gasteiger partial charge is 0.300 e. The molecule has 0 aliphatic rings. The summed E-state index contributed by atoms with van der Waals surface area (Å²) in [6.07, 6.45) is 0.447. The molecular weight excluding hydrogens is 270 g/mol. The summed E-state index contributed by atoms with van der Waals surface area (Å²) in [7, 11) is 0. The molecule has 2 nitrogen and oxygen atoms in total. The summed E-state index contributed by atoms with van der Waals surface area (Å²) in [5.74, 6) is 0.0703. The van der Waals surface area contributed by atoms with Crippen LogP contribution in [-0.2, 0) is 0 Å². The van der Waals surface area contributed by atoms with Gasteiger partial charge in [-0.25, -0.2) is 0 Å². The lowest BCUT2D eigenvalue weighted by molar-refractivity contribution is 0.0990. The average Bonchev–Trinajstić information content (AvgIpc) is 2.79. The lowest BCUT2D eigenvalue weighted by atomic mass is 10.1. The number of Topliss-reactive ketones (excluding diaryl/α,β-unsaturated/α-hetero) is 1. The van der Waals surface area contributed by atoms with E-state index in [0.717, 1.165) is 16.6 Å². The van der Waals surface area contributed by atoms with Crippen molar-refractivity contribution in [2.24, 2.45) is 0 Å². The molecule has 0 radical (unpaired) electrons. The van der Waals surface area contributed by atoms with Crippen LogP contribution in [0.25, 0.3) is 16.6 Å². The van der Waals surface area contributed by atoms with Gasteiger partial charge in [0, 0.05) is 17.5 Å². The number of halogens is 1. The quantitative estimate of drug-likeness (QED) is 0.628. The second-order valence-electron chi connectivity index (χ2n) is 4.63. The van der Waals surface area contributed by atoms with Gasteiger partial charge in [0.15, 0.2) is 5.78 Å². The Labute approximate surface area is 122 Å². The lowest BCUT2D eigenvalue weighted by Gasteiger charge is -2.06. The number of carbonyl (C=O) groups is 1. The van der Waals surface area contributed by atoms with Crippen LogP contribution in [0.4, 0.5) is 0 Å². The van der Waals surface area contributed by atoms with Crippen LogP contribution in [-0.4, -0.2) is 10.4 Å². The van der Waals surface area contributed by atoms with E-state index in [-0.39, 0.29) is 5.78 Å². The molecule has 3 rings (SSSR count). The van der Waals surface area contributed by atoms with Gasteiger partial charge in [0.1, 0.15) is 5.15 Å². The van der Waals surface area contributed by atoms with Crippen LogP contribution in [0.3, 0.4) is 0 Å². The number of hydrogen-bond donors (Lipinski definition) is 0. The smallest absolute Gasteiger partial charge is 0.166 e. The zero-order valence-corrected chi connectivity index (χ0v) is 11.9. The van der Waals surface area contributed by atoms with E-state index in [1.807, 2.05) is 66.1 Å². The van der Waals surface area contributed by atoms with Crippen molar-refractivity contribution >= 4 is 28.3 Å². The molecule has 1 heterocycles. The van der Waals surface area contributed by atoms with Crippen LogP contribution < -0.4 is 0 Å². The Hall–Kier alpha value is -2.06. The molecule has 100 valence electrons. The Kier molecular flexibility index (Phi) is 3.33. The minimum absolute atomic E-state index is 0.0703. The molecular formula is C17H14ClNO. The molecule has 0 aliphatic carbocycles. The normalized spacial score (nSPS) is 10.9. The zero-order chi connectivity index (χ0) is 14.1. The number of nitrogens with zero attached hydrogens (tertiary/aromatic N) is 1. The first-order valence-electron chi connectivity index (χ1n) is 6.61. The molecule has 0 saturated carbocycles. The first-order chi connectivity index (χ1) is 9.74. The Balaban J connectivity index is 2.39. The maximum Gasteiger partial charge on any atom is 0.166 e. The SMILES string of the molecule is CCC(=O)c1c(Cl)n(-c2ccccc2)c2ccccc12. The van der Waals surface area contributed by atoms with E-state index < -0.39 is 0 Å². The summed E-state index contributed by atoms with van der Waals surface area (Å²) in [4.78, 5) is 12.2. The first kappa shape index (κ1) is 12.9. The minimum Gasteiger partial charge on any atom is -0.300 e. The number of carbonyl (C=O) groups excluding carboxylic acids is 1.